The van der Waals surface area contributed by atoms with Crippen LogP contribution in [-0.4, -0.2) is 24.7 Å². The standard InChI is InChI=1S/C3H8O3Si2/c1-2-3(4)8-5-7-6-8/h8H,2,7H2,1H3. The zero-order valence-electron chi connectivity index (χ0n) is 4.72. The third-order valence-corrected chi connectivity index (χ3v) is 5.49. The summed E-state index contributed by atoms with van der Waals surface area (Å²) in [6.45, 7) is 1.84. The molecule has 1 saturated heterocycles. The number of hydrogen-bond donors (Lipinski definition) is 0. The Balaban J connectivity index is 2.24. The fraction of sp³-hybridized carbons (Fsp3) is 0.667. The maximum atomic E-state index is 10.6. The van der Waals surface area contributed by atoms with Gasteiger partial charge in [0.1, 0.15) is 0 Å². The molecule has 1 aliphatic heterocycles. The Labute approximate surface area is 51.9 Å². The molecule has 0 aliphatic carbocycles. The average Bonchev–Trinajstić information content (AvgIpc) is 1.62. The Hall–Kier alpha value is 0.0238. The summed E-state index contributed by atoms with van der Waals surface area (Å²) in [5, 5.41) is 0.198. The predicted molar refractivity (Wildman–Crippen MR) is 33.2 cm³/mol. The first-order valence-electron chi connectivity index (χ1n) is 2.60. The molecule has 0 spiro atoms. The van der Waals surface area contributed by atoms with Crippen molar-refractivity contribution in [2.24, 2.45) is 0 Å². The molecule has 0 radical (unpaired) electrons. The molecule has 0 N–H and O–H groups in total. The van der Waals surface area contributed by atoms with Gasteiger partial charge in [-0.25, -0.2) is 0 Å². The third kappa shape index (κ3) is 1.05. The van der Waals surface area contributed by atoms with E-state index >= 15 is 0 Å². The quantitative estimate of drug-likeness (QED) is 0.460. The van der Waals surface area contributed by atoms with Crippen LogP contribution in [0, 0.1) is 0 Å². The van der Waals surface area contributed by atoms with E-state index in [1.54, 1.807) is 0 Å². The van der Waals surface area contributed by atoms with Crippen LogP contribution in [0.25, 0.3) is 0 Å². The highest BCUT2D eigenvalue weighted by atomic mass is 28.4. The lowest BCUT2D eigenvalue weighted by molar-refractivity contribution is -0.114. The molecule has 0 aromatic carbocycles. The van der Waals surface area contributed by atoms with Crippen LogP contribution in [0.5, 0.6) is 0 Å². The summed E-state index contributed by atoms with van der Waals surface area (Å²) in [7, 11) is -2.33. The van der Waals surface area contributed by atoms with E-state index < -0.39 is 19.3 Å². The van der Waals surface area contributed by atoms with Gasteiger partial charge in [-0.2, -0.15) is 0 Å². The summed E-state index contributed by atoms with van der Waals surface area (Å²) in [6.07, 6.45) is 0.575. The highest BCUT2D eigenvalue weighted by molar-refractivity contribution is 6.89. The van der Waals surface area contributed by atoms with Crippen LogP contribution in [0.3, 0.4) is 0 Å². The van der Waals surface area contributed by atoms with E-state index in [1.807, 2.05) is 6.92 Å². The monoisotopic (exact) mass is 148 g/mol. The Bertz CT molecular complexity index is 101. The first-order chi connectivity index (χ1) is 3.84. The molecule has 1 fully saturated rings. The zero-order chi connectivity index (χ0) is 5.98. The van der Waals surface area contributed by atoms with Gasteiger partial charge in [0.05, 0.1) is 0 Å². The second-order valence-corrected chi connectivity index (χ2v) is 5.81. The molecular formula is C3H8O3Si2. The van der Waals surface area contributed by atoms with Crippen LogP contribution in [0.1, 0.15) is 13.3 Å². The van der Waals surface area contributed by atoms with Gasteiger partial charge >= 0.3 is 9.28 Å². The van der Waals surface area contributed by atoms with Crippen molar-refractivity contribution in [3.63, 3.8) is 0 Å². The van der Waals surface area contributed by atoms with E-state index in [0.29, 0.717) is 6.42 Å². The maximum absolute atomic E-state index is 10.6. The highest BCUT2D eigenvalue weighted by Gasteiger charge is 2.28. The van der Waals surface area contributed by atoms with Crippen molar-refractivity contribution in [3.8, 4) is 0 Å². The van der Waals surface area contributed by atoms with E-state index in [-0.39, 0.29) is 5.41 Å². The molecule has 0 saturated carbocycles. The van der Waals surface area contributed by atoms with E-state index in [1.165, 1.54) is 0 Å². The molecule has 5 heteroatoms. The van der Waals surface area contributed by atoms with Crippen molar-refractivity contribution in [2.45, 2.75) is 13.3 Å². The van der Waals surface area contributed by atoms with Crippen molar-refractivity contribution < 1.29 is 13.0 Å². The average molecular weight is 148 g/mol. The van der Waals surface area contributed by atoms with Crippen LogP contribution < -0.4 is 0 Å². The summed E-state index contributed by atoms with van der Waals surface area (Å²) >= 11 is 0. The Morgan fingerprint density at radius 3 is 2.50 bits per heavy atom. The van der Waals surface area contributed by atoms with Gasteiger partial charge in [0.15, 0.2) is 5.41 Å². The van der Waals surface area contributed by atoms with E-state index in [0.717, 1.165) is 0 Å². The van der Waals surface area contributed by atoms with Crippen molar-refractivity contribution in [3.05, 3.63) is 0 Å². The van der Waals surface area contributed by atoms with E-state index in [9.17, 15) is 4.79 Å². The van der Waals surface area contributed by atoms with Crippen molar-refractivity contribution in [1.82, 2.24) is 0 Å². The minimum absolute atomic E-state index is 0.198. The molecule has 0 atom stereocenters. The first-order valence-corrected chi connectivity index (χ1v) is 5.28. The van der Waals surface area contributed by atoms with Crippen LogP contribution in [0.4, 0.5) is 0 Å². The number of carbonyl (C=O) groups excluding carboxylic acids is 1. The summed E-state index contributed by atoms with van der Waals surface area (Å²) in [6, 6.07) is 0. The lowest BCUT2D eigenvalue weighted by Crippen LogP contribution is -2.45. The minimum Gasteiger partial charge on any atom is -0.418 e. The van der Waals surface area contributed by atoms with Gasteiger partial charge in [-0.05, 0) is 0 Å². The Morgan fingerprint density at radius 1 is 1.75 bits per heavy atom. The van der Waals surface area contributed by atoms with Gasteiger partial charge in [0.2, 0.25) is 0 Å². The first kappa shape index (κ1) is 6.15. The molecule has 8 heavy (non-hydrogen) atoms. The summed E-state index contributed by atoms with van der Waals surface area (Å²) < 4.78 is 9.98. The third-order valence-electron chi connectivity index (χ3n) is 1.05. The second kappa shape index (κ2) is 2.54. The SMILES string of the molecule is CCC(=O)[SiH]1O[SiH2]O1. The van der Waals surface area contributed by atoms with E-state index in [4.69, 9.17) is 8.23 Å². The predicted octanol–water partition coefficient (Wildman–Crippen LogP) is -1.23. The molecule has 0 amide bonds. The smallest absolute Gasteiger partial charge is 0.375 e. The molecule has 46 valence electrons. The number of hydrogen-bond acceptors (Lipinski definition) is 3. The second-order valence-electron chi connectivity index (χ2n) is 1.60. The van der Waals surface area contributed by atoms with Gasteiger partial charge in [0, 0.05) is 6.42 Å². The normalized spacial score (nSPS) is 29.9. The van der Waals surface area contributed by atoms with Crippen molar-refractivity contribution >= 4 is 24.7 Å². The molecule has 1 rings (SSSR count). The molecule has 0 aromatic heterocycles. The fourth-order valence-corrected chi connectivity index (χ4v) is 3.40. The highest BCUT2D eigenvalue weighted by Crippen LogP contribution is 2.01. The van der Waals surface area contributed by atoms with Crippen LogP contribution >= 0.6 is 0 Å². The summed E-state index contributed by atoms with van der Waals surface area (Å²) in [5.74, 6) is 0. The fourth-order valence-electron chi connectivity index (χ4n) is 0.489. The molecule has 1 aliphatic rings. The number of rotatable bonds is 2. The van der Waals surface area contributed by atoms with E-state index in [2.05, 4.69) is 0 Å². The minimum atomic E-state index is -1.67. The summed E-state index contributed by atoms with van der Waals surface area (Å²) in [5.41, 5.74) is 0. The molecule has 0 aromatic rings. The van der Waals surface area contributed by atoms with Crippen molar-refractivity contribution in [2.75, 3.05) is 0 Å². The van der Waals surface area contributed by atoms with Gasteiger partial charge in [0.25, 0.3) is 10.0 Å². The largest absolute Gasteiger partial charge is 0.418 e. The molecular weight excluding hydrogens is 140 g/mol. The van der Waals surface area contributed by atoms with Crippen LogP contribution in [0.15, 0.2) is 0 Å². The zero-order valence-corrected chi connectivity index (χ0v) is 7.29. The molecule has 0 bridgehead atoms. The van der Waals surface area contributed by atoms with Crippen molar-refractivity contribution in [1.29, 1.82) is 0 Å². The molecule has 0 unspecified atom stereocenters. The lowest BCUT2D eigenvalue weighted by atomic mass is 10.6. The van der Waals surface area contributed by atoms with Gasteiger partial charge < -0.3 is 8.23 Å². The van der Waals surface area contributed by atoms with Crippen LogP contribution in [-0.2, 0) is 13.0 Å². The topological polar surface area (TPSA) is 35.5 Å². The van der Waals surface area contributed by atoms with Gasteiger partial charge in [-0.1, -0.05) is 6.92 Å². The summed E-state index contributed by atoms with van der Waals surface area (Å²) in [4.78, 5) is 10.6. The number of carbonyl (C=O) groups is 1. The maximum Gasteiger partial charge on any atom is 0.375 e. The Morgan fingerprint density at radius 2 is 2.38 bits per heavy atom. The lowest BCUT2D eigenvalue weighted by Gasteiger charge is -2.23. The molecule has 3 nitrogen and oxygen atoms in total. The van der Waals surface area contributed by atoms with Crippen LogP contribution in [0.2, 0.25) is 0 Å². The Kier molecular flexibility index (Phi) is 1.95. The van der Waals surface area contributed by atoms with Gasteiger partial charge in [-0.3, -0.25) is 4.79 Å². The molecule has 1 heterocycles. The van der Waals surface area contributed by atoms with Gasteiger partial charge in [-0.15, -0.1) is 0 Å².